The molecule has 1 saturated heterocycles. The van der Waals surface area contributed by atoms with E-state index in [0.29, 0.717) is 12.6 Å². The number of hydrogen-bond donors (Lipinski definition) is 0. The molecule has 2 atom stereocenters. The summed E-state index contributed by atoms with van der Waals surface area (Å²) in [5.41, 5.74) is 0. The van der Waals surface area contributed by atoms with Gasteiger partial charge in [0, 0.05) is 18.0 Å². The van der Waals surface area contributed by atoms with E-state index in [1.807, 2.05) is 0 Å². The van der Waals surface area contributed by atoms with Gasteiger partial charge >= 0.3 is 0 Å². The molecule has 0 aromatic rings. The highest BCUT2D eigenvalue weighted by atomic mass is 35.5. The Kier molecular flexibility index (Phi) is 3.60. The van der Waals surface area contributed by atoms with E-state index in [0.717, 1.165) is 19.4 Å². The van der Waals surface area contributed by atoms with Crippen molar-refractivity contribution in [3.8, 4) is 0 Å². The number of piperidine rings is 1. The Balaban J connectivity index is 2.38. The van der Waals surface area contributed by atoms with Gasteiger partial charge in [0.15, 0.2) is 0 Å². The predicted octanol–water partition coefficient (Wildman–Crippen LogP) is 2.05. The fourth-order valence-electron chi connectivity index (χ4n) is 1.59. The zero-order valence-electron chi connectivity index (χ0n) is 6.89. The Morgan fingerprint density at radius 1 is 1.64 bits per heavy atom. The molecule has 0 saturated carbocycles. The second kappa shape index (κ2) is 4.27. The van der Waals surface area contributed by atoms with Gasteiger partial charge in [0.2, 0.25) is 0 Å². The first-order valence-electron chi connectivity index (χ1n) is 4.20. The summed E-state index contributed by atoms with van der Waals surface area (Å²) in [5, 5.41) is 0.218. The number of nitrogens with zero attached hydrogens (tertiary/aromatic N) is 1. The van der Waals surface area contributed by atoms with Crippen LogP contribution in [0.15, 0.2) is 0 Å². The number of likely N-dealkylation sites (tertiary alicyclic amines) is 1. The van der Waals surface area contributed by atoms with Gasteiger partial charge in [0.05, 0.1) is 0 Å². The zero-order valence-corrected chi connectivity index (χ0v) is 7.65. The second-order valence-electron chi connectivity index (χ2n) is 3.12. The van der Waals surface area contributed by atoms with Crippen LogP contribution in [0.5, 0.6) is 0 Å². The van der Waals surface area contributed by atoms with Crippen molar-refractivity contribution in [2.45, 2.75) is 31.2 Å². The molecule has 1 nitrogen and oxygen atoms in total. The molecular formula is C8H15ClFN. The van der Waals surface area contributed by atoms with E-state index in [1.54, 1.807) is 0 Å². The summed E-state index contributed by atoms with van der Waals surface area (Å²) < 4.78 is 12.0. The lowest BCUT2D eigenvalue weighted by Gasteiger charge is -2.35. The minimum absolute atomic E-state index is 0.218. The van der Waals surface area contributed by atoms with Crippen LogP contribution >= 0.6 is 11.6 Å². The van der Waals surface area contributed by atoms with Crippen molar-refractivity contribution < 1.29 is 4.39 Å². The standard InChI is InChI=1S/C8H15ClFN/c1-7-8(9)3-2-5-11(7)6-4-10/h7-8H,2-6H2,1H3. The summed E-state index contributed by atoms with van der Waals surface area (Å²) in [6, 6.07) is 0.348. The van der Waals surface area contributed by atoms with Crippen LogP contribution in [0, 0.1) is 0 Å². The predicted molar refractivity (Wildman–Crippen MR) is 45.9 cm³/mol. The van der Waals surface area contributed by atoms with Gasteiger partial charge in [-0.1, -0.05) is 0 Å². The minimum atomic E-state index is -0.256. The fraction of sp³-hybridized carbons (Fsp3) is 1.00. The second-order valence-corrected chi connectivity index (χ2v) is 3.68. The van der Waals surface area contributed by atoms with Crippen molar-refractivity contribution >= 4 is 11.6 Å². The largest absolute Gasteiger partial charge is 0.297 e. The van der Waals surface area contributed by atoms with Gasteiger partial charge in [-0.3, -0.25) is 4.90 Å². The molecule has 0 aliphatic carbocycles. The Morgan fingerprint density at radius 3 is 3.00 bits per heavy atom. The van der Waals surface area contributed by atoms with Gasteiger partial charge in [-0.2, -0.15) is 0 Å². The highest BCUT2D eigenvalue weighted by Crippen LogP contribution is 2.21. The first kappa shape index (κ1) is 9.27. The van der Waals surface area contributed by atoms with Gasteiger partial charge < -0.3 is 0 Å². The zero-order chi connectivity index (χ0) is 8.27. The summed E-state index contributed by atoms with van der Waals surface area (Å²) in [6.45, 7) is 3.37. The average molecular weight is 180 g/mol. The Labute approximate surface area is 72.5 Å². The maximum atomic E-state index is 12.0. The third kappa shape index (κ3) is 2.31. The van der Waals surface area contributed by atoms with Crippen LogP contribution in [0.2, 0.25) is 0 Å². The minimum Gasteiger partial charge on any atom is -0.297 e. The van der Waals surface area contributed by atoms with Crippen LogP contribution in [0.4, 0.5) is 4.39 Å². The molecule has 1 heterocycles. The van der Waals surface area contributed by atoms with E-state index in [2.05, 4.69) is 11.8 Å². The molecule has 66 valence electrons. The third-order valence-electron chi connectivity index (χ3n) is 2.40. The van der Waals surface area contributed by atoms with Crippen LogP contribution < -0.4 is 0 Å². The molecular weight excluding hydrogens is 165 g/mol. The summed E-state index contributed by atoms with van der Waals surface area (Å²) in [4.78, 5) is 2.13. The summed E-state index contributed by atoms with van der Waals surface area (Å²) in [5.74, 6) is 0. The first-order valence-corrected chi connectivity index (χ1v) is 4.63. The molecule has 0 aromatic carbocycles. The van der Waals surface area contributed by atoms with Crippen molar-refractivity contribution in [3.05, 3.63) is 0 Å². The van der Waals surface area contributed by atoms with Crippen LogP contribution in [-0.2, 0) is 0 Å². The van der Waals surface area contributed by atoms with Gasteiger partial charge in [-0.05, 0) is 26.3 Å². The summed E-state index contributed by atoms with van der Waals surface area (Å²) in [6.07, 6.45) is 2.18. The maximum absolute atomic E-state index is 12.0. The van der Waals surface area contributed by atoms with Gasteiger partial charge in [0.25, 0.3) is 0 Å². The number of rotatable bonds is 2. The first-order chi connectivity index (χ1) is 5.25. The van der Waals surface area contributed by atoms with Crippen LogP contribution in [0.25, 0.3) is 0 Å². The van der Waals surface area contributed by atoms with Crippen molar-refractivity contribution in [2.24, 2.45) is 0 Å². The van der Waals surface area contributed by atoms with Gasteiger partial charge in [-0.25, -0.2) is 4.39 Å². The molecule has 1 aliphatic rings. The molecule has 2 unspecified atom stereocenters. The average Bonchev–Trinajstić information content (AvgIpc) is 1.99. The molecule has 0 aromatic heterocycles. The van der Waals surface area contributed by atoms with E-state index < -0.39 is 0 Å². The number of alkyl halides is 2. The van der Waals surface area contributed by atoms with E-state index in [4.69, 9.17) is 11.6 Å². The summed E-state index contributed by atoms with van der Waals surface area (Å²) in [7, 11) is 0. The SMILES string of the molecule is CC1C(Cl)CCCN1CCF. The molecule has 3 heteroatoms. The van der Waals surface area contributed by atoms with E-state index in [-0.39, 0.29) is 12.1 Å². The Morgan fingerprint density at radius 2 is 2.36 bits per heavy atom. The van der Waals surface area contributed by atoms with Crippen molar-refractivity contribution in [2.75, 3.05) is 19.8 Å². The Bertz CT molecular complexity index is 119. The van der Waals surface area contributed by atoms with E-state index >= 15 is 0 Å². The molecule has 0 radical (unpaired) electrons. The molecule has 0 bridgehead atoms. The molecule has 1 rings (SSSR count). The van der Waals surface area contributed by atoms with E-state index in [9.17, 15) is 4.39 Å². The highest BCUT2D eigenvalue weighted by Gasteiger charge is 2.25. The molecule has 0 spiro atoms. The Hall–Kier alpha value is 0.180. The van der Waals surface area contributed by atoms with Crippen molar-refractivity contribution in [1.29, 1.82) is 0 Å². The molecule has 0 amide bonds. The van der Waals surface area contributed by atoms with Crippen molar-refractivity contribution in [1.82, 2.24) is 4.90 Å². The summed E-state index contributed by atoms with van der Waals surface area (Å²) >= 11 is 6.03. The van der Waals surface area contributed by atoms with Gasteiger partial charge in [-0.15, -0.1) is 11.6 Å². The van der Waals surface area contributed by atoms with Crippen LogP contribution in [-0.4, -0.2) is 36.1 Å². The molecule has 0 N–H and O–H groups in total. The third-order valence-corrected chi connectivity index (χ3v) is 2.98. The fourth-order valence-corrected chi connectivity index (χ4v) is 1.90. The van der Waals surface area contributed by atoms with Gasteiger partial charge in [0.1, 0.15) is 6.67 Å². The van der Waals surface area contributed by atoms with Crippen LogP contribution in [0.1, 0.15) is 19.8 Å². The highest BCUT2D eigenvalue weighted by molar-refractivity contribution is 6.21. The molecule has 1 fully saturated rings. The lowest BCUT2D eigenvalue weighted by Crippen LogP contribution is -2.44. The maximum Gasteiger partial charge on any atom is 0.102 e. The van der Waals surface area contributed by atoms with Crippen molar-refractivity contribution in [3.63, 3.8) is 0 Å². The van der Waals surface area contributed by atoms with Crippen LogP contribution in [0.3, 0.4) is 0 Å². The topological polar surface area (TPSA) is 3.24 Å². The number of halogens is 2. The molecule has 11 heavy (non-hydrogen) atoms. The normalized spacial score (nSPS) is 34.1. The monoisotopic (exact) mass is 179 g/mol. The quantitative estimate of drug-likeness (QED) is 0.587. The lowest BCUT2D eigenvalue weighted by atomic mass is 10.0. The number of hydrogen-bond acceptors (Lipinski definition) is 1. The molecule has 1 aliphatic heterocycles. The smallest absolute Gasteiger partial charge is 0.102 e. The lowest BCUT2D eigenvalue weighted by molar-refractivity contribution is 0.153. The van der Waals surface area contributed by atoms with E-state index in [1.165, 1.54) is 0 Å².